The molecule has 13 heavy (non-hydrogen) atoms. The monoisotopic (exact) mass is 204 g/mol. The van der Waals surface area contributed by atoms with Crippen LogP contribution in [0.15, 0.2) is 0 Å². The average Bonchev–Trinajstić information content (AvgIpc) is 2.01. The Kier molecular flexibility index (Phi) is 5.67. The first-order chi connectivity index (χ1) is 5.99. The highest BCUT2D eigenvalue weighted by Gasteiger charge is 2.04. The van der Waals surface area contributed by atoms with Crippen LogP contribution in [0.25, 0.3) is 0 Å². The van der Waals surface area contributed by atoms with Crippen LogP contribution < -0.4 is 0 Å². The molecule has 0 spiro atoms. The van der Waals surface area contributed by atoms with Crippen molar-refractivity contribution in [1.82, 2.24) is 4.90 Å². The van der Waals surface area contributed by atoms with Gasteiger partial charge in [-0.1, -0.05) is 6.92 Å². The molecule has 0 aromatic rings. The molecule has 0 unspecified atom stereocenters. The first kappa shape index (κ1) is 12.4. The maximum absolute atomic E-state index is 10.8. The number of hydrogen-bond donors (Lipinski definition) is 0. The number of rotatable bonds is 6. The zero-order chi connectivity index (χ0) is 10.3. The summed E-state index contributed by atoms with van der Waals surface area (Å²) in [6, 6.07) is 2.04. The fraction of sp³-hybridized carbons (Fsp3) is 0.875. The topological polar surface area (TPSA) is 61.2 Å². The largest absolute Gasteiger partial charge is 0.291 e. The van der Waals surface area contributed by atoms with E-state index in [2.05, 4.69) is 0 Å². The Bertz CT molecular complexity index is 266. The molecule has 0 atom stereocenters. The molecule has 4 nitrogen and oxygen atoms in total. The smallest absolute Gasteiger partial charge is 0.147 e. The molecule has 0 aliphatic heterocycles. The molecule has 76 valence electrons. The van der Waals surface area contributed by atoms with Crippen molar-refractivity contribution in [2.24, 2.45) is 0 Å². The van der Waals surface area contributed by atoms with Crippen LogP contribution in [0.4, 0.5) is 0 Å². The molecule has 0 radical (unpaired) electrons. The lowest BCUT2D eigenvalue weighted by Gasteiger charge is -2.15. The molecular weight excluding hydrogens is 188 g/mol. The van der Waals surface area contributed by atoms with E-state index in [1.54, 1.807) is 0 Å². The molecule has 5 heteroatoms. The van der Waals surface area contributed by atoms with Crippen molar-refractivity contribution in [3.8, 4) is 6.07 Å². The Morgan fingerprint density at radius 1 is 1.46 bits per heavy atom. The Balaban J connectivity index is 3.69. The molecule has 0 aliphatic carbocycles. The Morgan fingerprint density at radius 3 is 2.46 bits per heavy atom. The van der Waals surface area contributed by atoms with Gasteiger partial charge in [-0.15, -0.1) is 0 Å². The van der Waals surface area contributed by atoms with E-state index >= 15 is 0 Å². The van der Waals surface area contributed by atoms with Gasteiger partial charge in [0.1, 0.15) is 9.84 Å². The van der Waals surface area contributed by atoms with Gasteiger partial charge in [0.25, 0.3) is 0 Å². The summed E-state index contributed by atoms with van der Waals surface area (Å²) in [5, 5.41) is 8.42. The first-order valence-electron chi connectivity index (χ1n) is 4.26. The fourth-order valence-corrected chi connectivity index (χ4v) is 1.65. The summed E-state index contributed by atoms with van der Waals surface area (Å²) in [6.45, 7) is 3.80. The molecule has 0 fully saturated rings. The van der Waals surface area contributed by atoms with Gasteiger partial charge in [-0.25, -0.2) is 8.42 Å². The third kappa shape index (κ3) is 7.75. The second kappa shape index (κ2) is 5.95. The van der Waals surface area contributed by atoms with Gasteiger partial charge in [0.05, 0.1) is 18.4 Å². The molecule has 0 aromatic heterocycles. The van der Waals surface area contributed by atoms with Gasteiger partial charge in [-0.2, -0.15) is 5.26 Å². The summed E-state index contributed by atoms with van der Waals surface area (Å²) in [6.07, 6.45) is 1.84. The van der Waals surface area contributed by atoms with Crippen LogP contribution in [-0.2, 0) is 9.84 Å². The van der Waals surface area contributed by atoms with Crippen LogP contribution in [-0.4, -0.2) is 45.0 Å². The lowest BCUT2D eigenvalue weighted by molar-refractivity contribution is 0.323. The summed E-state index contributed by atoms with van der Waals surface area (Å²) >= 11 is 0. The summed E-state index contributed by atoms with van der Waals surface area (Å²) in [5.74, 6) is 0.203. The number of nitriles is 1. The Labute approximate surface area is 80.1 Å². The van der Waals surface area contributed by atoms with Crippen LogP contribution in [0, 0.1) is 11.3 Å². The normalized spacial score (nSPS) is 11.5. The van der Waals surface area contributed by atoms with Crippen molar-refractivity contribution in [1.29, 1.82) is 5.26 Å². The number of hydrogen-bond acceptors (Lipinski definition) is 4. The molecule has 0 aromatic carbocycles. The van der Waals surface area contributed by atoms with Gasteiger partial charge in [-0.3, -0.25) is 4.90 Å². The second-order valence-corrected chi connectivity index (χ2v) is 5.27. The standard InChI is InChI=1S/C8H16N2O2S/c1-3-10(7-5-9)6-4-8-13(2,11)12/h3-4,6-8H2,1-2H3. The Hall–Kier alpha value is -0.600. The zero-order valence-corrected chi connectivity index (χ0v) is 8.97. The van der Waals surface area contributed by atoms with E-state index in [1.165, 1.54) is 6.26 Å². The average molecular weight is 204 g/mol. The van der Waals surface area contributed by atoms with E-state index in [0.717, 1.165) is 6.54 Å². The molecule has 0 aliphatic rings. The van der Waals surface area contributed by atoms with Crippen LogP contribution in [0.3, 0.4) is 0 Å². The van der Waals surface area contributed by atoms with Crippen molar-refractivity contribution >= 4 is 9.84 Å². The predicted molar refractivity (Wildman–Crippen MR) is 52.1 cm³/mol. The Morgan fingerprint density at radius 2 is 2.08 bits per heavy atom. The lowest BCUT2D eigenvalue weighted by Crippen LogP contribution is -2.26. The van der Waals surface area contributed by atoms with E-state index < -0.39 is 9.84 Å². The van der Waals surface area contributed by atoms with Crippen molar-refractivity contribution in [3.05, 3.63) is 0 Å². The van der Waals surface area contributed by atoms with Crippen molar-refractivity contribution in [3.63, 3.8) is 0 Å². The van der Waals surface area contributed by atoms with E-state index in [-0.39, 0.29) is 5.75 Å². The zero-order valence-electron chi connectivity index (χ0n) is 8.15. The lowest BCUT2D eigenvalue weighted by atomic mass is 10.4. The molecule has 0 N–H and O–H groups in total. The second-order valence-electron chi connectivity index (χ2n) is 3.01. The van der Waals surface area contributed by atoms with Gasteiger partial charge in [0, 0.05) is 12.8 Å². The molecular formula is C8H16N2O2S. The van der Waals surface area contributed by atoms with Crippen LogP contribution in [0.1, 0.15) is 13.3 Å². The fourth-order valence-electron chi connectivity index (χ4n) is 0.999. The molecule has 0 rings (SSSR count). The van der Waals surface area contributed by atoms with Crippen LogP contribution in [0.5, 0.6) is 0 Å². The minimum Gasteiger partial charge on any atom is -0.291 e. The third-order valence-corrected chi connectivity index (χ3v) is 2.76. The van der Waals surface area contributed by atoms with Gasteiger partial charge in [-0.05, 0) is 13.0 Å². The number of sulfone groups is 1. The highest BCUT2D eigenvalue weighted by atomic mass is 32.2. The third-order valence-electron chi connectivity index (χ3n) is 1.73. The molecule has 0 amide bonds. The van der Waals surface area contributed by atoms with E-state index in [0.29, 0.717) is 19.5 Å². The summed E-state index contributed by atoms with van der Waals surface area (Å²) in [5.41, 5.74) is 0. The van der Waals surface area contributed by atoms with Crippen molar-refractivity contribution in [2.45, 2.75) is 13.3 Å². The summed E-state index contributed by atoms with van der Waals surface area (Å²) in [4.78, 5) is 1.92. The maximum Gasteiger partial charge on any atom is 0.147 e. The maximum atomic E-state index is 10.8. The highest BCUT2D eigenvalue weighted by Crippen LogP contribution is 1.93. The highest BCUT2D eigenvalue weighted by molar-refractivity contribution is 7.90. The molecule has 0 saturated carbocycles. The van der Waals surface area contributed by atoms with Crippen LogP contribution in [0.2, 0.25) is 0 Å². The predicted octanol–water partition coefficient (Wildman–Crippen LogP) is 0.267. The van der Waals surface area contributed by atoms with Crippen molar-refractivity contribution < 1.29 is 8.42 Å². The molecule has 0 bridgehead atoms. The summed E-state index contributed by atoms with van der Waals surface area (Å²) in [7, 11) is -2.85. The first-order valence-corrected chi connectivity index (χ1v) is 6.32. The van der Waals surface area contributed by atoms with E-state index in [1.807, 2.05) is 17.9 Å². The quantitative estimate of drug-likeness (QED) is 0.582. The van der Waals surface area contributed by atoms with Crippen molar-refractivity contribution in [2.75, 3.05) is 31.6 Å². The number of nitrogens with zero attached hydrogens (tertiary/aromatic N) is 2. The van der Waals surface area contributed by atoms with Gasteiger partial charge >= 0.3 is 0 Å². The van der Waals surface area contributed by atoms with Gasteiger partial charge in [0.2, 0.25) is 0 Å². The van der Waals surface area contributed by atoms with Gasteiger partial charge < -0.3 is 0 Å². The molecule has 0 heterocycles. The summed E-state index contributed by atoms with van der Waals surface area (Å²) < 4.78 is 21.6. The minimum absolute atomic E-state index is 0.203. The molecule has 0 saturated heterocycles. The van der Waals surface area contributed by atoms with Gasteiger partial charge in [0.15, 0.2) is 0 Å². The van der Waals surface area contributed by atoms with E-state index in [4.69, 9.17) is 5.26 Å². The van der Waals surface area contributed by atoms with Crippen LogP contribution >= 0.6 is 0 Å². The van der Waals surface area contributed by atoms with E-state index in [9.17, 15) is 8.42 Å². The SMILES string of the molecule is CCN(CC#N)CCCS(C)(=O)=O. The minimum atomic E-state index is -2.85.